The number of primary amides is 1. The summed E-state index contributed by atoms with van der Waals surface area (Å²) in [5.74, 6) is -0.203. The maximum atomic E-state index is 10.8. The molecule has 18 heavy (non-hydrogen) atoms. The Balaban J connectivity index is 2.17. The number of benzene rings is 1. The summed E-state index contributed by atoms with van der Waals surface area (Å²) in [5, 5.41) is 0. The number of likely N-dealkylation sites (N-methyl/N-ethyl adjacent to an activating group) is 1. The molecule has 0 radical (unpaired) electrons. The summed E-state index contributed by atoms with van der Waals surface area (Å²) < 4.78 is 0. The number of fused-ring (bicyclic) bond motifs is 1. The summed E-state index contributed by atoms with van der Waals surface area (Å²) in [7, 11) is 2.14. The predicted molar refractivity (Wildman–Crippen MR) is 74.7 cm³/mol. The average Bonchev–Trinajstić information content (AvgIpc) is 2.50. The van der Waals surface area contributed by atoms with Gasteiger partial charge in [-0.3, -0.25) is 4.79 Å². The lowest BCUT2D eigenvalue weighted by molar-refractivity contribution is -0.118. The van der Waals surface area contributed by atoms with Crippen molar-refractivity contribution in [3.63, 3.8) is 0 Å². The van der Waals surface area contributed by atoms with Crippen LogP contribution in [0.3, 0.4) is 0 Å². The Bertz CT molecular complexity index is 454. The van der Waals surface area contributed by atoms with Crippen molar-refractivity contribution in [2.45, 2.75) is 44.6 Å². The number of hydrogen-bond acceptors (Lipinski definition) is 2. The van der Waals surface area contributed by atoms with Crippen molar-refractivity contribution in [3.05, 3.63) is 29.8 Å². The minimum Gasteiger partial charge on any atom is -0.370 e. The van der Waals surface area contributed by atoms with Crippen LogP contribution in [0.15, 0.2) is 24.3 Å². The van der Waals surface area contributed by atoms with Gasteiger partial charge in [0, 0.05) is 30.6 Å². The van der Waals surface area contributed by atoms with E-state index in [-0.39, 0.29) is 11.3 Å². The number of rotatable bonds is 4. The van der Waals surface area contributed by atoms with Crippen molar-refractivity contribution in [2.75, 3.05) is 11.9 Å². The van der Waals surface area contributed by atoms with E-state index in [1.807, 2.05) is 0 Å². The lowest BCUT2D eigenvalue weighted by atomic mass is 9.78. The van der Waals surface area contributed by atoms with Crippen LogP contribution in [0.1, 0.15) is 38.7 Å². The van der Waals surface area contributed by atoms with Crippen LogP contribution in [0, 0.1) is 0 Å². The van der Waals surface area contributed by atoms with Gasteiger partial charge in [-0.2, -0.15) is 0 Å². The van der Waals surface area contributed by atoms with Gasteiger partial charge in [-0.05, 0) is 24.5 Å². The molecule has 3 nitrogen and oxygen atoms in total. The molecule has 1 aliphatic heterocycles. The smallest absolute Gasteiger partial charge is 0.217 e. The molecular formula is C15H22N2O. The van der Waals surface area contributed by atoms with Crippen LogP contribution in [0.25, 0.3) is 0 Å². The zero-order valence-corrected chi connectivity index (χ0v) is 11.4. The Kier molecular flexibility index (Phi) is 3.33. The van der Waals surface area contributed by atoms with E-state index in [1.54, 1.807) is 0 Å². The van der Waals surface area contributed by atoms with E-state index in [9.17, 15) is 4.79 Å². The number of hydrogen-bond donors (Lipinski definition) is 1. The third-order valence-electron chi connectivity index (χ3n) is 4.18. The van der Waals surface area contributed by atoms with Gasteiger partial charge in [-0.15, -0.1) is 0 Å². The van der Waals surface area contributed by atoms with Crippen molar-refractivity contribution >= 4 is 11.6 Å². The lowest BCUT2D eigenvalue weighted by Gasteiger charge is -2.32. The minimum atomic E-state index is -0.203. The van der Waals surface area contributed by atoms with E-state index < -0.39 is 0 Å². The second kappa shape index (κ2) is 4.63. The molecule has 0 bridgehead atoms. The highest BCUT2D eigenvalue weighted by molar-refractivity contribution is 5.73. The summed E-state index contributed by atoms with van der Waals surface area (Å²) in [5.41, 5.74) is 8.05. The van der Waals surface area contributed by atoms with Crippen LogP contribution < -0.4 is 10.6 Å². The summed E-state index contributed by atoms with van der Waals surface area (Å²) in [6.07, 6.45) is 2.35. The zero-order valence-electron chi connectivity index (χ0n) is 11.4. The van der Waals surface area contributed by atoms with Crippen molar-refractivity contribution < 1.29 is 4.79 Å². The molecule has 0 aromatic heterocycles. The Morgan fingerprint density at radius 2 is 2.06 bits per heavy atom. The summed E-state index contributed by atoms with van der Waals surface area (Å²) >= 11 is 0. The van der Waals surface area contributed by atoms with Gasteiger partial charge in [-0.25, -0.2) is 0 Å². The van der Waals surface area contributed by atoms with Gasteiger partial charge in [0.15, 0.2) is 0 Å². The second-order valence-electron chi connectivity index (χ2n) is 5.72. The van der Waals surface area contributed by atoms with E-state index in [2.05, 4.69) is 50.1 Å². The summed E-state index contributed by atoms with van der Waals surface area (Å²) in [6.45, 7) is 4.56. The lowest BCUT2D eigenvalue weighted by Crippen LogP contribution is -2.39. The molecule has 0 spiro atoms. The van der Waals surface area contributed by atoms with Crippen molar-refractivity contribution in [1.29, 1.82) is 0 Å². The fourth-order valence-electron chi connectivity index (χ4n) is 3.18. The number of carbonyl (C=O) groups excluding carboxylic acids is 1. The van der Waals surface area contributed by atoms with Crippen LogP contribution in [-0.4, -0.2) is 19.0 Å². The molecule has 2 rings (SSSR count). The van der Waals surface area contributed by atoms with Gasteiger partial charge in [0.2, 0.25) is 5.91 Å². The third-order valence-corrected chi connectivity index (χ3v) is 4.18. The monoisotopic (exact) mass is 246 g/mol. The Labute approximate surface area is 109 Å². The normalized spacial score (nSPS) is 20.8. The molecule has 2 N–H and O–H groups in total. The standard InChI is InChI=1S/C15H22N2O/c1-15(2)11-7-4-5-8-12(11)17(3)13(15)9-6-10-14(16)18/h4-5,7-8,13H,6,9-10H2,1-3H3,(H2,16,18). The van der Waals surface area contributed by atoms with Crippen molar-refractivity contribution in [1.82, 2.24) is 0 Å². The quantitative estimate of drug-likeness (QED) is 0.887. The fourth-order valence-corrected chi connectivity index (χ4v) is 3.18. The molecule has 0 aliphatic carbocycles. The second-order valence-corrected chi connectivity index (χ2v) is 5.72. The van der Waals surface area contributed by atoms with Gasteiger partial charge in [0.05, 0.1) is 0 Å². The van der Waals surface area contributed by atoms with E-state index in [0.29, 0.717) is 12.5 Å². The molecule has 1 amide bonds. The molecule has 1 aromatic rings. The molecule has 1 aliphatic rings. The van der Waals surface area contributed by atoms with E-state index in [0.717, 1.165) is 12.8 Å². The zero-order chi connectivity index (χ0) is 13.3. The molecular weight excluding hydrogens is 224 g/mol. The molecule has 0 saturated carbocycles. The molecule has 1 atom stereocenters. The summed E-state index contributed by atoms with van der Waals surface area (Å²) in [6, 6.07) is 9.00. The molecule has 1 aromatic carbocycles. The molecule has 98 valence electrons. The van der Waals surface area contributed by atoms with Crippen molar-refractivity contribution in [2.24, 2.45) is 5.73 Å². The van der Waals surface area contributed by atoms with Crippen LogP contribution >= 0.6 is 0 Å². The van der Waals surface area contributed by atoms with Gasteiger partial charge in [0.1, 0.15) is 0 Å². The van der Waals surface area contributed by atoms with Crippen LogP contribution in [0.2, 0.25) is 0 Å². The Morgan fingerprint density at radius 3 is 2.67 bits per heavy atom. The molecule has 0 fully saturated rings. The van der Waals surface area contributed by atoms with Crippen molar-refractivity contribution in [3.8, 4) is 0 Å². The fraction of sp³-hybridized carbons (Fsp3) is 0.533. The maximum absolute atomic E-state index is 10.8. The number of nitrogens with zero attached hydrogens (tertiary/aromatic N) is 1. The molecule has 3 heteroatoms. The van der Waals surface area contributed by atoms with E-state index in [4.69, 9.17) is 5.73 Å². The first-order valence-electron chi connectivity index (χ1n) is 6.55. The topological polar surface area (TPSA) is 46.3 Å². The first-order chi connectivity index (χ1) is 8.44. The number of anilines is 1. The molecule has 0 saturated heterocycles. The first-order valence-corrected chi connectivity index (χ1v) is 6.55. The van der Waals surface area contributed by atoms with Gasteiger partial charge < -0.3 is 10.6 Å². The van der Waals surface area contributed by atoms with Gasteiger partial charge in [-0.1, -0.05) is 32.0 Å². The SMILES string of the molecule is CN1c2ccccc2C(C)(C)C1CCCC(N)=O. The van der Waals surface area contributed by atoms with Gasteiger partial charge in [0.25, 0.3) is 0 Å². The Hall–Kier alpha value is -1.51. The molecule has 1 unspecified atom stereocenters. The van der Waals surface area contributed by atoms with Crippen LogP contribution in [-0.2, 0) is 10.2 Å². The minimum absolute atomic E-state index is 0.128. The highest BCUT2D eigenvalue weighted by atomic mass is 16.1. The largest absolute Gasteiger partial charge is 0.370 e. The number of para-hydroxylation sites is 1. The highest BCUT2D eigenvalue weighted by Gasteiger charge is 2.41. The highest BCUT2D eigenvalue weighted by Crippen LogP contribution is 2.45. The number of amides is 1. The van der Waals surface area contributed by atoms with Crippen LogP contribution in [0.4, 0.5) is 5.69 Å². The first kappa shape index (κ1) is 12.9. The number of carbonyl (C=O) groups is 1. The van der Waals surface area contributed by atoms with E-state index >= 15 is 0 Å². The maximum Gasteiger partial charge on any atom is 0.217 e. The van der Waals surface area contributed by atoms with Gasteiger partial charge >= 0.3 is 0 Å². The summed E-state index contributed by atoms with van der Waals surface area (Å²) in [4.78, 5) is 13.2. The Morgan fingerprint density at radius 1 is 1.39 bits per heavy atom. The van der Waals surface area contributed by atoms with E-state index in [1.165, 1.54) is 11.3 Å². The molecule has 1 heterocycles. The average molecular weight is 246 g/mol. The predicted octanol–water partition coefficient (Wildman–Crippen LogP) is 2.44. The third kappa shape index (κ3) is 2.09. The number of nitrogens with two attached hydrogens (primary N) is 1. The van der Waals surface area contributed by atoms with Crippen LogP contribution in [0.5, 0.6) is 0 Å².